The fraction of sp³-hybridized carbons (Fsp3) is 0.554. The highest BCUT2D eigenvalue weighted by Gasteiger charge is 2.33. The van der Waals surface area contributed by atoms with Crippen LogP contribution >= 0.6 is 0 Å². The van der Waals surface area contributed by atoms with Crippen LogP contribution in [0.25, 0.3) is 0 Å². The Bertz CT molecular complexity index is 2120. The first-order valence-corrected chi connectivity index (χ1v) is 26.3. The molecule has 72 heavy (non-hydrogen) atoms. The van der Waals surface area contributed by atoms with E-state index in [0.717, 1.165) is 113 Å². The molecule has 3 aromatic carbocycles. The Morgan fingerprint density at radius 1 is 0.514 bits per heavy atom. The fourth-order valence-electron chi connectivity index (χ4n) is 9.27. The molecule has 0 aromatic heterocycles. The molecule has 16 nitrogen and oxygen atoms in total. The van der Waals surface area contributed by atoms with Crippen molar-refractivity contribution in [2.24, 2.45) is 11.7 Å². The van der Waals surface area contributed by atoms with E-state index in [1.165, 1.54) is 6.92 Å². The van der Waals surface area contributed by atoms with E-state index in [9.17, 15) is 43.8 Å². The average molecular weight is 996 g/mol. The number of anilines is 1. The summed E-state index contributed by atoms with van der Waals surface area (Å²) in [5, 5.41) is 34.1. The molecule has 6 atom stereocenters. The molecule has 4 rings (SSSR count). The number of nitrogen functional groups attached to an aromatic ring is 1. The summed E-state index contributed by atoms with van der Waals surface area (Å²) in [5.74, 6) is -4.02. The van der Waals surface area contributed by atoms with Crippen molar-refractivity contribution in [3.63, 3.8) is 0 Å². The number of nitrogens with two attached hydrogens (primary N) is 2. The Hall–Kier alpha value is -6.29. The second-order valence-electron chi connectivity index (χ2n) is 19.6. The first kappa shape index (κ1) is 58.3. The zero-order valence-electron chi connectivity index (χ0n) is 42.3. The normalized spacial score (nSPS) is 15.1. The maximum Gasteiger partial charge on any atom is 0.326 e. The minimum Gasteiger partial charge on any atom is -0.480 e. The number of benzene rings is 3. The van der Waals surface area contributed by atoms with Gasteiger partial charge in [-0.1, -0.05) is 169 Å². The van der Waals surface area contributed by atoms with Crippen LogP contribution in [0, 0.1) is 5.92 Å². The van der Waals surface area contributed by atoms with E-state index in [1.54, 1.807) is 36.4 Å². The third-order valence-electron chi connectivity index (χ3n) is 13.5. The van der Waals surface area contributed by atoms with Crippen LogP contribution in [-0.4, -0.2) is 87.9 Å². The second kappa shape index (κ2) is 32.6. The summed E-state index contributed by atoms with van der Waals surface area (Å²) in [6.07, 6.45) is 16.6. The average Bonchev–Trinajstić information content (AvgIpc) is 3.36. The van der Waals surface area contributed by atoms with Crippen molar-refractivity contribution in [2.45, 2.75) is 191 Å². The van der Waals surface area contributed by atoms with Crippen LogP contribution < -0.4 is 38.1 Å². The van der Waals surface area contributed by atoms with Crippen LogP contribution in [0.5, 0.6) is 0 Å². The van der Waals surface area contributed by atoms with E-state index >= 15 is 0 Å². The fourth-order valence-corrected chi connectivity index (χ4v) is 9.27. The monoisotopic (exact) mass is 996 g/mol. The Labute approximate surface area is 426 Å². The first-order valence-electron chi connectivity index (χ1n) is 26.3. The van der Waals surface area contributed by atoms with Crippen LogP contribution in [0.3, 0.4) is 0 Å². The lowest BCUT2D eigenvalue weighted by Gasteiger charge is -2.29. The minimum atomic E-state index is -1.26. The molecule has 3 aromatic rings. The van der Waals surface area contributed by atoms with Crippen molar-refractivity contribution < 1.29 is 43.8 Å². The lowest BCUT2D eigenvalue weighted by atomic mass is 9.84. The number of hydrogen-bond acceptors (Lipinski definition) is 9. The molecular weight excluding hydrogens is 915 g/mol. The molecule has 1 aliphatic carbocycles. The molecule has 16 heteroatoms. The van der Waals surface area contributed by atoms with Gasteiger partial charge in [0.15, 0.2) is 0 Å². The molecule has 1 unspecified atom stereocenters. The van der Waals surface area contributed by atoms with Gasteiger partial charge < -0.3 is 48.3 Å². The minimum absolute atomic E-state index is 0.110. The van der Waals surface area contributed by atoms with E-state index in [-0.39, 0.29) is 49.8 Å². The van der Waals surface area contributed by atoms with E-state index in [4.69, 9.17) is 11.5 Å². The summed E-state index contributed by atoms with van der Waals surface area (Å²) < 4.78 is 0. The molecule has 0 aliphatic heterocycles. The number of aliphatic hydroxyl groups is 1. The van der Waals surface area contributed by atoms with Gasteiger partial charge >= 0.3 is 5.97 Å². The van der Waals surface area contributed by atoms with Crippen molar-refractivity contribution >= 4 is 47.1 Å². The summed E-state index contributed by atoms with van der Waals surface area (Å²) in [4.78, 5) is 91.1. The highest BCUT2D eigenvalue weighted by Crippen LogP contribution is 2.28. The summed E-state index contributed by atoms with van der Waals surface area (Å²) in [7, 11) is 0. The number of hydrogen-bond donors (Lipinski definition) is 9. The second-order valence-corrected chi connectivity index (χ2v) is 19.6. The number of aliphatic hydroxyl groups excluding tert-OH is 1. The number of aliphatic carboxylic acids is 1. The first-order chi connectivity index (χ1) is 34.7. The predicted octanol–water partition coefficient (Wildman–Crippen LogP) is 6.10. The maximum atomic E-state index is 13.7. The summed E-state index contributed by atoms with van der Waals surface area (Å²) in [5.41, 5.74) is 14.5. The smallest absolute Gasteiger partial charge is 0.326 e. The molecule has 394 valence electrons. The standard InChI is InChI=1S/C56H81N7O9/c1-39(64)51(55(70)61-47(36-41-25-17-13-18-26-41)54(69)60-45(52(58)67)35-40-23-15-12-16-24-40)63-50(66)30-22-11-9-7-5-3-2-4-6-8-10-21-29-49(65)59-46(37-43-31-33-44(57)34-32-43)53(68)62-48(56(71)72)38-42-27-19-14-20-28-42/h12,14-16,19-20,23-24,27-28,31-34,39,41,45-48,51,64H,2-11,13,17-18,21-22,25-26,29-30,35-38,57H2,1H3,(H2,58,67)(H,59,65)(H,60,69)(H,61,70)(H,62,68)(H,63,66)(H,71,72)/t39?,45-,46-,47-,48-,51-/m0/s1. The number of carbonyl (C=O) groups excluding carboxylic acids is 6. The van der Waals surface area contributed by atoms with E-state index in [0.29, 0.717) is 24.9 Å². The van der Waals surface area contributed by atoms with Crippen LogP contribution in [0.4, 0.5) is 5.69 Å². The van der Waals surface area contributed by atoms with E-state index in [1.807, 2.05) is 48.5 Å². The Morgan fingerprint density at radius 2 is 0.931 bits per heavy atom. The highest BCUT2D eigenvalue weighted by molar-refractivity contribution is 5.94. The van der Waals surface area contributed by atoms with Gasteiger partial charge in [-0.05, 0) is 60.9 Å². The molecule has 6 amide bonds. The third-order valence-corrected chi connectivity index (χ3v) is 13.5. The predicted molar refractivity (Wildman–Crippen MR) is 279 cm³/mol. The summed E-state index contributed by atoms with van der Waals surface area (Å²) >= 11 is 0. The molecule has 1 saturated carbocycles. The number of nitrogens with one attached hydrogen (secondary N) is 5. The largest absolute Gasteiger partial charge is 0.480 e. The van der Waals surface area contributed by atoms with Crippen LogP contribution in [0.15, 0.2) is 84.9 Å². The van der Waals surface area contributed by atoms with Gasteiger partial charge in [-0.25, -0.2) is 4.79 Å². The SMILES string of the molecule is CC(O)[C@H](NC(=O)CCCCCCCCCCCCCCC(=O)N[C@@H](Cc1ccc(N)cc1)C(=O)N[C@@H](Cc1ccccc1)C(=O)O)C(=O)N[C@@H](CC1CCCCC1)C(=O)N[C@@H](Cc1ccccc1)C(N)=O. The van der Waals surface area contributed by atoms with Gasteiger partial charge in [-0.3, -0.25) is 28.8 Å². The van der Waals surface area contributed by atoms with Crippen molar-refractivity contribution in [3.05, 3.63) is 102 Å². The number of carbonyl (C=O) groups is 7. The van der Waals surface area contributed by atoms with Crippen LogP contribution in [0.2, 0.25) is 0 Å². The molecule has 11 N–H and O–H groups in total. The van der Waals surface area contributed by atoms with Gasteiger partial charge in [0.05, 0.1) is 6.10 Å². The van der Waals surface area contributed by atoms with E-state index < -0.39 is 65.9 Å². The lowest BCUT2D eigenvalue weighted by molar-refractivity contribution is -0.142. The number of unbranched alkanes of at least 4 members (excludes halogenated alkanes) is 11. The maximum absolute atomic E-state index is 13.7. The van der Waals surface area contributed by atoms with Crippen LogP contribution in [0.1, 0.15) is 152 Å². The van der Waals surface area contributed by atoms with Crippen molar-refractivity contribution in [1.29, 1.82) is 0 Å². The third kappa shape index (κ3) is 22.9. The number of amides is 6. The Morgan fingerprint density at radius 3 is 1.42 bits per heavy atom. The molecule has 0 saturated heterocycles. The van der Waals surface area contributed by atoms with Crippen LogP contribution in [-0.2, 0) is 52.8 Å². The number of primary amides is 1. The molecule has 0 spiro atoms. The van der Waals surface area contributed by atoms with Gasteiger partial charge in [-0.15, -0.1) is 0 Å². The molecule has 0 bridgehead atoms. The van der Waals surface area contributed by atoms with Gasteiger partial charge in [0, 0.05) is 37.8 Å². The number of carboxylic acid groups (broad SMARTS) is 1. The molecule has 0 heterocycles. The Balaban J connectivity index is 1.09. The lowest BCUT2D eigenvalue weighted by Crippen LogP contribution is -2.59. The molecule has 1 aliphatic rings. The molecule has 0 radical (unpaired) electrons. The molecule has 1 fully saturated rings. The summed E-state index contributed by atoms with van der Waals surface area (Å²) in [6.45, 7) is 1.42. The van der Waals surface area contributed by atoms with Gasteiger partial charge in [0.1, 0.15) is 30.2 Å². The quantitative estimate of drug-likeness (QED) is 0.0245. The van der Waals surface area contributed by atoms with Gasteiger partial charge in [-0.2, -0.15) is 0 Å². The zero-order chi connectivity index (χ0) is 52.1. The van der Waals surface area contributed by atoms with Gasteiger partial charge in [0.2, 0.25) is 35.4 Å². The molecular formula is C56H81N7O9. The summed E-state index contributed by atoms with van der Waals surface area (Å²) in [6, 6.07) is 19.9. The zero-order valence-corrected chi connectivity index (χ0v) is 42.3. The van der Waals surface area contributed by atoms with Gasteiger partial charge in [0.25, 0.3) is 0 Å². The van der Waals surface area contributed by atoms with E-state index in [2.05, 4.69) is 26.6 Å². The topological polar surface area (TPSA) is 272 Å². The van der Waals surface area contributed by atoms with Crippen molar-refractivity contribution in [3.8, 4) is 0 Å². The highest BCUT2D eigenvalue weighted by atomic mass is 16.4. The number of carboxylic acids is 1. The Kier molecular flexibility index (Phi) is 26.4. The van der Waals surface area contributed by atoms with Crippen molar-refractivity contribution in [1.82, 2.24) is 26.6 Å². The van der Waals surface area contributed by atoms with Crippen molar-refractivity contribution in [2.75, 3.05) is 5.73 Å². The number of rotatable bonds is 34.